The van der Waals surface area contributed by atoms with Gasteiger partial charge in [-0.05, 0) is 48.6 Å². The van der Waals surface area contributed by atoms with E-state index in [1.807, 2.05) is 42.5 Å². The summed E-state index contributed by atoms with van der Waals surface area (Å²) in [6.45, 7) is 1.20. The van der Waals surface area contributed by atoms with Gasteiger partial charge in [-0.15, -0.1) is 0 Å². The van der Waals surface area contributed by atoms with Gasteiger partial charge in [-0.3, -0.25) is 4.79 Å². The van der Waals surface area contributed by atoms with Gasteiger partial charge in [0.25, 0.3) is 5.91 Å². The summed E-state index contributed by atoms with van der Waals surface area (Å²) in [5.74, 6) is 1.23. The van der Waals surface area contributed by atoms with Crippen molar-refractivity contribution < 1.29 is 9.53 Å². The SMILES string of the molecule is O=C(NCC1CC1)c1ccccc1OCc1cccc(Br)c1. The maximum atomic E-state index is 12.3. The minimum Gasteiger partial charge on any atom is -0.488 e. The van der Waals surface area contributed by atoms with E-state index in [0.29, 0.717) is 23.8 Å². The van der Waals surface area contributed by atoms with E-state index in [9.17, 15) is 4.79 Å². The molecule has 3 nitrogen and oxygen atoms in total. The first-order chi connectivity index (χ1) is 10.7. The Morgan fingerprint density at radius 3 is 2.77 bits per heavy atom. The number of amides is 1. The van der Waals surface area contributed by atoms with Crippen LogP contribution in [0.4, 0.5) is 0 Å². The maximum Gasteiger partial charge on any atom is 0.255 e. The second kappa shape index (κ2) is 6.97. The molecule has 1 saturated carbocycles. The first kappa shape index (κ1) is 15.1. The van der Waals surface area contributed by atoms with Crippen LogP contribution >= 0.6 is 15.9 Å². The quantitative estimate of drug-likeness (QED) is 0.840. The van der Waals surface area contributed by atoms with Gasteiger partial charge in [-0.1, -0.05) is 40.2 Å². The molecule has 1 N–H and O–H groups in total. The molecule has 0 bridgehead atoms. The molecule has 0 spiro atoms. The van der Waals surface area contributed by atoms with Crippen LogP contribution in [0.5, 0.6) is 5.75 Å². The molecule has 1 fully saturated rings. The molecule has 3 rings (SSSR count). The van der Waals surface area contributed by atoms with Crippen LogP contribution in [-0.4, -0.2) is 12.5 Å². The van der Waals surface area contributed by atoms with Crippen molar-refractivity contribution >= 4 is 21.8 Å². The normalized spacial score (nSPS) is 13.7. The molecule has 1 amide bonds. The first-order valence-corrected chi connectivity index (χ1v) is 8.26. The lowest BCUT2D eigenvalue weighted by atomic mass is 10.2. The molecular weight excluding hydrogens is 342 g/mol. The molecule has 22 heavy (non-hydrogen) atoms. The Morgan fingerprint density at radius 2 is 2.00 bits per heavy atom. The molecule has 0 heterocycles. The summed E-state index contributed by atoms with van der Waals surface area (Å²) in [6, 6.07) is 15.3. The predicted octanol–water partition coefficient (Wildman–Crippen LogP) is 4.17. The highest BCUT2D eigenvalue weighted by atomic mass is 79.9. The third-order valence-electron chi connectivity index (χ3n) is 3.66. The molecule has 0 radical (unpaired) electrons. The highest BCUT2D eigenvalue weighted by Gasteiger charge is 2.22. The third kappa shape index (κ3) is 4.10. The number of carbonyl (C=O) groups excluding carboxylic acids is 1. The van der Waals surface area contributed by atoms with Gasteiger partial charge in [0.1, 0.15) is 12.4 Å². The Balaban J connectivity index is 1.66. The van der Waals surface area contributed by atoms with E-state index in [-0.39, 0.29) is 5.91 Å². The van der Waals surface area contributed by atoms with Gasteiger partial charge in [-0.2, -0.15) is 0 Å². The standard InChI is InChI=1S/C18H18BrNO2/c19-15-5-3-4-14(10-15)12-22-17-7-2-1-6-16(17)18(21)20-11-13-8-9-13/h1-7,10,13H,8-9,11-12H2,(H,20,21). The molecular formula is C18H18BrNO2. The average molecular weight is 360 g/mol. The number of rotatable bonds is 6. The summed E-state index contributed by atoms with van der Waals surface area (Å²) in [5.41, 5.74) is 1.65. The molecule has 4 heteroatoms. The van der Waals surface area contributed by atoms with E-state index in [1.54, 1.807) is 6.07 Å². The highest BCUT2D eigenvalue weighted by molar-refractivity contribution is 9.10. The van der Waals surface area contributed by atoms with Crippen molar-refractivity contribution in [1.82, 2.24) is 5.32 Å². The molecule has 0 saturated heterocycles. The van der Waals surface area contributed by atoms with Crippen LogP contribution < -0.4 is 10.1 Å². The van der Waals surface area contributed by atoms with Crippen LogP contribution in [0.2, 0.25) is 0 Å². The van der Waals surface area contributed by atoms with Crippen molar-refractivity contribution in [2.45, 2.75) is 19.4 Å². The van der Waals surface area contributed by atoms with Crippen LogP contribution in [0.25, 0.3) is 0 Å². The highest BCUT2D eigenvalue weighted by Crippen LogP contribution is 2.28. The molecule has 2 aromatic rings. The summed E-state index contributed by atoms with van der Waals surface area (Å²) in [4.78, 5) is 12.3. The number of hydrogen-bond donors (Lipinski definition) is 1. The van der Waals surface area contributed by atoms with E-state index >= 15 is 0 Å². The Hall–Kier alpha value is -1.81. The number of nitrogens with one attached hydrogen (secondary N) is 1. The van der Waals surface area contributed by atoms with Gasteiger partial charge in [0, 0.05) is 11.0 Å². The Morgan fingerprint density at radius 1 is 1.18 bits per heavy atom. The molecule has 0 aromatic heterocycles. The smallest absolute Gasteiger partial charge is 0.255 e. The zero-order valence-corrected chi connectivity index (χ0v) is 13.8. The van der Waals surface area contributed by atoms with Crippen molar-refractivity contribution in [2.75, 3.05) is 6.54 Å². The fourth-order valence-corrected chi connectivity index (χ4v) is 2.67. The lowest BCUT2D eigenvalue weighted by Gasteiger charge is -2.12. The first-order valence-electron chi connectivity index (χ1n) is 7.47. The fourth-order valence-electron chi connectivity index (χ4n) is 2.22. The second-order valence-corrected chi connectivity index (χ2v) is 6.48. The van der Waals surface area contributed by atoms with E-state index < -0.39 is 0 Å². The fraction of sp³-hybridized carbons (Fsp3) is 0.278. The molecule has 0 unspecified atom stereocenters. The van der Waals surface area contributed by atoms with Crippen LogP contribution in [0.3, 0.4) is 0 Å². The summed E-state index contributed by atoms with van der Waals surface area (Å²) in [7, 11) is 0. The number of carbonyl (C=O) groups is 1. The minimum absolute atomic E-state index is 0.0586. The number of ether oxygens (including phenoxy) is 1. The monoisotopic (exact) mass is 359 g/mol. The topological polar surface area (TPSA) is 38.3 Å². The average Bonchev–Trinajstić information content (AvgIpc) is 3.35. The Kier molecular flexibility index (Phi) is 4.78. The molecule has 1 aliphatic rings. The lowest BCUT2D eigenvalue weighted by Crippen LogP contribution is -2.26. The van der Waals surface area contributed by atoms with Gasteiger partial charge < -0.3 is 10.1 Å². The molecule has 114 valence electrons. The van der Waals surface area contributed by atoms with Gasteiger partial charge in [0.05, 0.1) is 5.56 Å². The van der Waals surface area contributed by atoms with E-state index in [2.05, 4.69) is 21.2 Å². The van der Waals surface area contributed by atoms with Gasteiger partial charge in [0.15, 0.2) is 0 Å². The van der Waals surface area contributed by atoms with Crippen LogP contribution in [0.1, 0.15) is 28.8 Å². The largest absolute Gasteiger partial charge is 0.488 e. The molecule has 2 aromatic carbocycles. The number of benzene rings is 2. The van der Waals surface area contributed by atoms with Gasteiger partial charge >= 0.3 is 0 Å². The van der Waals surface area contributed by atoms with Crippen LogP contribution in [0.15, 0.2) is 53.0 Å². The van der Waals surface area contributed by atoms with Gasteiger partial charge in [0.2, 0.25) is 0 Å². The minimum atomic E-state index is -0.0586. The maximum absolute atomic E-state index is 12.3. The van der Waals surface area contributed by atoms with Crippen LogP contribution in [0, 0.1) is 5.92 Å². The zero-order chi connectivity index (χ0) is 15.4. The predicted molar refractivity (Wildman–Crippen MR) is 90.0 cm³/mol. The Bertz CT molecular complexity index is 668. The summed E-state index contributed by atoms with van der Waals surface area (Å²) >= 11 is 3.45. The number of halogens is 1. The Labute approximate surface area is 138 Å². The summed E-state index contributed by atoms with van der Waals surface area (Å²) in [6.07, 6.45) is 2.45. The van der Waals surface area contributed by atoms with Crippen LogP contribution in [-0.2, 0) is 6.61 Å². The zero-order valence-electron chi connectivity index (χ0n) is 12.2. The van der Waals surface area contributed by atoms with E-state index in [4.69, 9.17) is 4.74 Å². The molecule has 0 aliphatic heterocycles. The van der Waals surface area contributed by atoms with Crippen molar-refractivity contribution in [3.05, 3.63) is 64.1 Å². The van der Waals surface area contributed by atoms with Crippen molar-refractivity contribution in [1.29, 1.82) is 0 Å². The summed E-state index contributed by atoms with van der Waals surface area (Å²) < 4.78 is 6.86. The number of para-hydroxylation sites is 1. The van der Waals surface area contributed by atoms with E-state index in [1.165, 1.54) is 12.8 Å². The van der Waals surface area contributed by atoms with Crippen molar-refractivity contribution in [3.63, 3.8) is 0 Å². The van der Waals surface area contributed by atoms with Crippen molar-refractivity contribution in [3.8, 4) is 5.75 Å². The van der Waals surface area contributed by atoms with Crippen molar-refractivity contribution in [2.24, 2.45) is 5.92 Å². The second-order valence-electron chi connectivity index (χ2n) is 5.57. The van der Waals surface area contributed by atoms with E-state index in [0.717, 1.165) is 16.6 Å². The summed E-state index contributed by atoms with van der Waals surface area (Å²) in [5, 5.41) is 2.98. The molecule has 0 atom stereocenters. The lowest BCUT2D eigenvalue weighted by molar-refractivity contribution is 0.0947. The number of hydrogen-bond acceptors (Lipinski definition) is 2. The molecule has 1 aliphatic carbocycles. The third-order valence-corrected chi connectivity index (χ3v) is 4.16. The van der Waals surface area contributed by atoms with Gasteiger partial charge in [-0.25, -0.2) is 0 Å².